The first kappa shape index (κ1) is 14.7. The molecule has 0 fully saturated rings. The third-order valence-electron chi connectivity index (χ3n) is 3.17. The van der Waals surface area contributed by atoms with Gasteiger partial charge in [-0.1, -0.05) is 13.8 Å². The van der Waals surface area contributed by atoms with Crippen molar-refractivity contribution in [1.29, 1.82) is 0 Å². The number of carbonyl (C=O) groups excluding carboxylic acids is 1. The molecule has 0 aliphatic rings. The number of rotatable bonds is 4. The van der Waals surface area contributed by atoms with E-state index >= 15 is 0 Å². The smallest absolute Gasteiger partial charge is 0.316 e. The SMILES string of the molecule is CCc1[nH]c(=O)c(NC(N)=O)c(CC)c1-c1cnccn1. The van der Waals surface area contributed by atoms with Gasteiger partial charge in [-0.05, 0) is 18.4 Å². The summed E-state index contributed by atoms with van der Waals surface area (Å²) in [5.74, 6) is 0. The van der Waals surface area contributed by atoms with E-state index in [1.54, 1.807) is 18.6 Å². The van der Waals surface area contributed by atoms with E-state index in [0.29, 0.717) is 24.1 Å². The Kier molecular flexibility index (Phi) is 4.32. The molecule has 0 saturated carbocycles. The molecule has 2 aromatic heterocycles. The number of nitrogens with two attached hydrogens (primary N) is 1. The summed E-state index contributed by atoms with van der Waals surface area (Å²) in [5.41, 5.74) is 7.85. The van der Waals surface area contributed by atoms with Crippen LogP contribution in [0.3, 0.4) is 0 Å². The maximum atomic E-state index is 12.1. The number of H-pyrrole nitrogens is 1. The van der Waals surface area contributed by atoms with Crippen LogP contribution in [0.1, 0.15) is 25.1 Å². The number of aromatic nitrogens is 3. The standard InChI is InChI=1S/C14H17N5O2/c1-3-8-11(10-7-16-5-6-17-10)9(4-2)18-13(20)12(8)19-14(15)21/h5-7H,3-4H2,1-2H3,(H,18,20)(H3,15,19,21). The minimum absolute atomic E-state index is 0.169. The number of urea groups is 1. The molecule has 0 atom stereocenters. The van der Waals surface area contributed by atoms with Crippen molar-refractivity contribution in [3.05, 3.63) is 40.2 Å². The van der Waals surface area contributed by atoms with Gasteiger partial charge in [-0.25, -0.2) is 4.79 Å². The zero-order valence-electron chi connectivity index (χ0n) is 11.9. The van der Waals surface area contributed by atoms with Crippen molar-refractivity contribution in [1.82, 2.24) is 15.0 Å². The molecule has 0 unspecified atom stereocenters. The molecule has 7 nitrogen and oxygen atoms in total. The molecule has 2 aromatic rings. The fourth-order valence-electron chi connectivity index (χ4n) is 2.32. The van der Waals surface area contributed by atoms with E-state index in [2.05, 4.69) is 20.3 Å². The van der Waals surface area contributed by atoms with E-state index < -0.39 is 6.03 Å². The Labute approximate surface area is 121 Å². The highest BCUT2D eigenvalue weighted by Gasteiger charge is 2.18. The molecule has 0 spiro atoms. The monoisotopic (exact) mass is 287 g/mol. The largest absolute Gasteiger partial charge is 0.351 e. The van der Waals surface area contributed by atoms with Gasteiger partial charge in [-0.15, -0.1) is 0 Å². The van der Waals surface area contributed by atoms with Crippen molar-refractivity contribution < 1.29 is 4.79 Å². The number of aromatic amines is 1. The molecule has 2 amide bonds. The number of carbonyl (C=O) groups is 1. The van der Waals surface area contributed by atoms with Crippen molar-refractivity contribution in [3.63, 3.8) is 0 Å². The fourth-order valence-corrected chi connectivity index (χ4v) is 2.32. The molecule has 0 radical (unpaired) electrons. The Morgan fingerprint density at radius 2 is 2.10 bits per heavy atom. The van der Waals surface area contributed by atoms with Gasteiger partial charge >= 0.3 is 6.03 Å². The number of amides is 2. The van der Waals surface area contributed by atoms with Gasteiger partial charge in [-0.2, -0.15) is 0 Å². The van der Waals surface area contributed by atoms with Gasteiger partial charge in [0, 0.05) is 23.7 Å². The van der Waals surface area contributed by atoms with Crippen LogP contribution >= 0.6 is 0 Å². The first-order valence-corrected chi connectivity index (χ1v) is 6.69. The molecule has 0 aromatic carbocycles. The van der Waals surface area contributed by atoms with Crippen LogP contribution in [0.25, 0.3) is 11.3 Å². The van der Waals surface area contributed by atoms with Gasteiger partial charge in [0.05, 0.1) is 11.9 Å². The highest BCUT2D eigenvalue weighted by molar-refractivity contribution is 5.90. The molecule has 0 saturated heterocycles. The van der Waals surface area contributed by atoms with Gasteiger partial charge in [0.15, 0.2) is 0 Å². The lowest BCUT2D eigenvalue weighted by Gasteiger charge is -2.16. The normalized spacial score (nSPS) is 10.4. The first-order chi connectivity index (χ1) is 10.1. The molecule has 0 aliphatic heterocycles. The Bertz CT molecular complexity index is 709. The zero-order chi connectivity index (χ0) is 15.4. The van der Waals surface area contributed by atoms with Crippen LogP contribution in [0, 0.1) is 0 Å². The second kappa shape index (κ2) is 6.17. The van der Waals surface area contributed by atoms with Gasteiger partial charge in [-0.3, -0.25) is 14.8 Å². The molecular weight excluding hydrogens is 270 g/mol. The Morgan fingerprint density at radius 3 is 2.62 bits per heavy atom. The summed E-state index contributed by atoms with van der Waals surface area (Å²) >= 11 is 0. The van der Waals surface area contributed by atoms with Crippen molar-refractivity contribution in [2.24, 2.45) is 5.73 Å². The highest BCUT2D eigenvalue weighted by atomic mass is 16.2. The molecule has 4 N–H and O–H groups in total. The molecule has 0 bridgehead atoms. The number of hydrogen-bond acceptors (Lipinski definition) is 4. The second-order valence-corrected chi connectivity index (χ2v) is 4.45. The highest BCUT2D eigenvalue weighted by Crippen LogP contribution is 2.28. The average Bonchev–Trinajstić information content (AvgIpc) is 2.49. The van der Waals surface area contributed by atoms with Gasteiger partial charge in [0.25, 0.3) is 5.56 Å². The van der Waals surface area contributed by atoms with Crippen molar-refractivity contribution in [2.75, 3.05) is 5.32 Å². The van der Waals surface area contributed by atoms with E-state index in [4.69, 9.17) is 5.73 Å². The lowest BCUT2D eigenvalue weighted by Crippen LogP contribution is -2.27. The number of anilines is 1. The van der Waals surface area contributed by atoms with Crippen molar-refractivity contribution in [3.8, 4) is 11.3 Å². The number of primary amides is 1. The summed E-state index contributed by atoms with van der Waals surface area (Å²) in [6, 6.07) is -0.774. The van der Waals surface area contributed by atoms with Gasteiger partial charge in [0.2, 0.25) is 0 Å². The van der Waals surface area contributed by atoms with E-state index in [9.17, 15) is 9.59 Å². The molecule has 7 heteroatoms. The summed E-state index contributed by atoms with van der Waals surface area (Å²) in [7, 11) is 0. The Morgan fingerprint density at radius 1 is 1.33 bits per heavy atom. The number of aryl methyl sites for hydroxylation is 1. The third-order valence-corrected chi connectivity index (χ3v) is 3.17. The fraction of sp³-hybridized carbons (Fsp3) is 0.286. The Balaban J connectivity index is 2.77. The van der Waals surface area contributed by atoms with Gasteiger partial charge in [0.1, 0.15) is 5.69 Å². The number of pyridine rings is 1. The molecule has 21 heavy (non-hydrogen) atoms. The predicted molar refractivity (Wildman–Crippen MR) is 80.1 cm³/mol. The lowest BCUT2D eigenvalue weighted by molar-refractivity contribution is 0.259. The van der Waals surface area contributed by atoms with Crippen LogP contribution in [0.4, 0.5) is 10.5 Å². The Hall–Kier alpha value is -2.70. The summed E-state index contributed by atoms with van der Waals surface area (Å²) in [5, 5.41) is 2.40. The maximum absolute atomic E-state index is 12.1. The quantitative estimate of drug-likeness (QED) is 0.789. The number of nitrogens with one attached hydrogen (secondary N) is 2. The van der Waals surface area contributed by atoms with E-state index in [0.717, 1.165) is 11.3 Å². The molecule has 110 valence electrons. The molecule has 2 rings (SSSR count). The second-order valence-electron chi connectivity index (χ2n) is 4.45. The summed E-state index contributed by atoms with van der Waals surface area (Å²) < 4.78 is 0. The molecular formula is C14H17N5O2. The van der Waals surface area contributed by atoms with Crippen LogP contribution in [0.5, 0.6) is 0 Å². The van der Waals surface area contributed by atoms with Crippen molar-refractivity contribution in [2.45, 2.75) is 26.7 Å². The number of hydrogen-bond donors (Lipinski definition) is 3. The lowest BCUT2D eigenvalue weighted by atomic mass is 9.98. The third kappa shape index (κ3) is 2.91. The molecule has 2 heterocycles. The van der Waals surface area contributed by atoms with Crippen LogP contribution in [-0.4, -0.2) is 21.0 Å². The van der Waals surface area contributed by atoms with E-state index in [1.807, 2.05) is 13.8 Å². The average molecular weight is 287 g/mol. The zero-order valence-corrected chi connectivity index (χ0v) is 11.9. The first-order valence-electron chi connectivity index (χ1n) is 6.69. The van der Waals surface area contributed by atoms with Crippen LogP contribution in [-0.2, 0) is 12.8 Å². The summed E-state index contributed by atoms with van der Waals surface area (Å²) in [6.45, 7) is 3.84. The van der Waals surface area contributed by atoms with Crippen LogP contribution < -0.4 is 16.6 Å². The predicted octanol–water partition coefficient (Wildman–Crippen LogP) is 1.45. The maximum Gasteiger partial charge on any atom is 0.316 e. The van der Waals surface area contributed by atoms with E-state index in [-0.39, 0.29) is 11.2 Å². The minimum atomic E-state index is -0.774. The number of nitrogens with zero attached hydrogens (tertiary/aromatic N) is 2. The summed E-state index contributed by atoms with van der Waals surface area (Å²) in [6.07, 6.45) is 5.97. The topological polar surface area (TPSA) is 114 Å². The van der Waals surface area contributed by atoms with Crippen LogP contribution in [0.2, 0.25) is 0 Å². The minimum Gasteiger partial charge on any atom is -0.351 e. The molecule has 0 aliphatic carbocycles. The van der Waals surface area contributed by atoms with Crippen molar-refractivity contribution >= 4 is 11.7 Å². The summed E-state index contributed by atoms with van der Waals surface area (Å²) in [4.78, 5) is 34.4. The van der Waals surface area contributed by atoms with Gasteiger partial charge < -0.3 is 16.0 Å². The van der Waals surface area contributed by atoms with E-state index in [1.165, 1.54) is 0 Å². The van der Waals surface area contributed by atoms with Crippen LogP contribution in [0.15, 0.2) is 23.4 Å².